The molecule has 4 nitrogen and oxygen atoms in total. The number of halogens is 1. The Hall–Kier alpha value is -1.07. The fraction of sp³-hybridized carbons (Fsp3) is 0.417. The number of nitrogens with zero attached hydrogens (tertiary/aromatic N) is 1. The highest BCUT2D eigenvalue weighted by Crippen LogP contribution is 2.24. The minimum Gasteiger partial charge on any atom is -0.315 e. The van der Waals surface area contributed by atoms with E-state index in [0.29, 0.717) is 5.69 Å². The summed E-state index contributed by atoms with van der Waals surface area (Å²) in [6, 6.07) is 5.87. The van der Waals surface area contributed by atoms with Crippen molar-refractivity contribution in [2.45, 2.75) is 25.7 Å². The molecule has 18 heavy (non-hydrogen) atoms. The van der Waals surface area contributed by atoms with Crippen LogP contribution in [0.3, 0.4) is 0 Å². The van der Waals surface area contributed by atoms with Gasteiger partial charge in [-0.05, 0) is 24.3 Å². The van der Waals surface area contributed by atoms with Crippen LogP contribution in [-0.2, 0) is 13.8 Å². The maximum atomic E-state index is 12.0. The molecule has 1 aromatic carbocycles. The molecule has 0 N–H and O–H groups in total. The number of hydrogen-bond acceptors (Lipinski definition) is 3. The van der Waals surface area contributed by atoms with Crippen LogP contribution in [0, 0.1) is 5.41 Å². The molecule has 0 fully saturated rings. The number of anilines is 1. The second kappa shape index (κ2) is 4.90. The standard InChI is InChI=1S/C12H16ClNO3S/c1-12(2,3)11(15)14(4)9-5-7-10(8-6-9)18(13,16)17/h5-8H,1-4H3. The van der Waals surface area contributed by atoms with E-state index >= 15 is 0 Å². The van der Waals surface area contributed by atoms with Gasteiger partial charge in [0.1, 0.15) is 0 Å². The normalized spacial score (nSPS) is 12.3. The van der Waals surface area contributed by atoms with Crippen LogP contribution < -0.4 is 4.90 Å². The first-order valence-electron chi connectivity index (χ1n) is 5.36. The molecule has 0 saturated heterocycles. The van der Waals surface area contributed by atoms with Crippen molar-refractivity contribution in [3.05, 3.63) is 24.3 Å². The average Bonchev–Trinajstić information content (AvgIpc) is 2.25. The van der Waals surface area contributed by atoms with Gasteiger partial charge in [0.25, 0.3) is 9.05 Å². The Labute approximate surface area is 112 Å². The molecule has 1 amide bonds. The fourth-order valence-corrected chi connectivity index (χ4v) is 2.22. The molecule has 0 atom stereocenters. The van der Waals surface area contributed by atoms with Crippen molar-refractivity contribution in [2.24, 2.45) is 5.41 Å². The Balaban J connectivity index is 3.03. The van der Waals surface area contributed by atoms with Gasteiger partial charge >= 0.3 is 0 Å². The van der Waals surface area contributed by atoms with E-state index in [2.05, 4.69) is 0 Å². The highest BCUT2D eigenvalue weighted by atomic mass is 35.7. The first kappa shape index (κ1) is 15.0. The SMILES string of the molecule is CN(C(=O)C(C)(C)C)c1ccc(S(=O)(=O)Cl)cc1. The summed E-state index contributed by atoms with van der Waals surface area (Å²) in [5.74, 6) is -0.0519. The highest BCUT2D eigenvalue weighted by Gasteiger charge is 2.25. The van der Waals surface area contributed by atoms with Crippen LogP contribution in [0.4, 0.5) is 5.69 Å². The summed E-state index contributed by atoms with van der Waals surface area (Å²) in [6.45, 7) is 5.47. The van der Waals surface area contributed by atoms with Gasteiger partial charge in [0.2, 0.25) is 5.91 Å². The Bertz CT molecular complexity index is 544. The summed E-state index contributed by atoms with van der Waals surface area (Å²) >= 11 is 0. The van der Waals surface area contributed by atoms with Crippen LogP contribution in [0.2, 0.25) is 0 Å². The van der Waals surface area contributed by atoms with Crippen molar-refractivity contribution in [1.82, 2.24) is 0 Å². The zero-order valence-electron chi connectivity index (χ0n) is 10.8. The first-order chi connectivity index (χ1) is 8.03. The van der Waals surface area contributed by atoms with E-state index in [1.165, 1.54) is 17.0 Å². The molecule has 0 saturated carbocycles. The fourth-order valence-electron chi connectivity index (χ4n) is 1.45. The summed E-state index contributed by atoms with van der Waals surface area (Å²) in [6.07, 6.45) is 0. The van der Waals surface area contributed by atoms with Gasteiger partial charge in [0, 0.05) is 28.8 Å². The quantitative estimate of drug-likeness (QED) is 0.787. The van der Waals surface area contributed by atoms with Crippen LogP contribution in [0.15, 0.2) is 29.2 Å². The van der Waals surface area contributed by atoms with Crippen molar-refractivity contribution in [2.75, 3.05) is 11.9 Å². The molecule has 0 spiro atoms. The summed E-state index contributed by atoms with van der Waals surface area (Å²) < 4.78 is 22.2. The Morgan fingerprint density at radius 2 is 1.61 bits per heavy atom. The Kier molecular flexibility index (Phi) is 4.08. The maximum Gasteiger partial charge on any atom is 0.261 e. The molecule has 0 aliphatic carbocycles. The van der Waals surface area contributed by atoms with E-state index in [9.17, 15) is 13.2 Å². The van der Waals surface area contributed by atoms with Crippen LogP contribution in [0.25, 0.3) is 0 Å². The summed E-state index contributed by atoms with van der Waals surface area (Å²) in [5.41, 5.74) is 0.130. The smallest absolute Gasteiger partial charge is 0.261 e. The molecule has 0 unspecified atom stereocenters. The van der Waals surface area contributed by atoms with Crippen molar-refractivity contribution < 1.29 is 13.2 Å². The topological polar surface area (TPSA) is 54.5 Å². The molecule has 0 aliphatic heterocycles. The van der Waals surface area contributed by atoms with Crippen LogP contribution >= 0.6 is 10.7 Å². The highest BCUT2D eigenvalue weighted by molar-refractivity contribution is 8.13. The van der Waals surface area contributed by atoms with Gasteiger partial charge in [0.15, 0.2) is 0 Å². The van der Waals surface area contributed by atoms with Gasteiger partial charge in [-0.2, -0.15) is 0 Å². The minimum atomic E-state index is -3.73. The Morgan fingerprint density at radius 1 is 1.17 bits per heavy atom. The van der Waals surface area contributed by atoms with Crippen molar-refractivity contribution in [1.29, 1.82) is 0 Å². The van der Waals surface area contributed by atoms with Crippen molar-refractivity contribution in [3.8, 4) is 0 Å². The number of benzene rings is 1. The summed E-state index contributed by atoms with van der Waals surface area (Å²) in [7, 11) is 3.14. The molecule has 100 valence electrons. The largest absolute Gasteiger partial charge is 0.315 e. The van der Waals surface area contributed by atoms with E-state index in [1.807, 2.05) is 20.8 Å². The second-order valence-corrected chi connectivity index (χ2v) is 7.61. The second-order valence-electron chi connectivity index (χ2n) is 5.05. The lowest BCUT2D eigenvalue weighted by atomic mass is 9.95. The lowest BCUT2D eigenvalue weighted by Gasteiger charge is -2.26. The van der Waals surface area contributed by atoms with Gasteiger partial charge < -0.3 is 4.90 Å². The number of carbonyl (C=O) groups excluding carboxylic acids is 1. The van der Waals surface area contributed by atoms with Crippen LogP contribution in [0.1, 0.15) is 20.8 Å². The Morgan fingerprint density at radius 3 is 1.94 bits per heavy atom. The maximum absolute atomic E-state index is 12.0. The van der Waals surface area contributed by atoms with E-state index in [4.69, 9.17) is 10.7 Å². The predicted octanol–water partition coefficient (Wildman–Crippen LogP) is 2.62. The molecule has 1 rings (SSSR count). The van der Waals surface area contributed by atoms with E-state index in [1.54, 1.807) is 19.2 Å². The molecular formula is C12H16ClNO3S. The molecular weight excluding hydrogens is 274 g/mol. The lowest BCUT2D eigenvalue weighted by Crippen LogP contribution is -2.36. The summed E-state index contributed by atoms with van der Waals surface area (Å²) in [5, 5.41) is 0. The predicted molar refractivity (Wildman–Crippen MR) is 72.3 cm³/mol. The molecule has 0 aromatic heterocycles. The van der Waals surface area contributed by atoms with Crippen molar-refractivity contribution in [3.63, 3.8) is 0 Å². The monoisotopic (exact) mass is 289 g/mol. The molecule has 0 aliphatic rings. The number of amides is 1. The van der Waals surface area contributed by atoms with Gasteiger partial charge in [0.05, 0.1) is 4.90 Å². The van der Waals surface area contributed by atoms with E-state index < -0.39 is 14.5 Å². The third-order valence-corrected chi connectivity index (χ3v) is 3.82. The third-order valence-electron chi connectivity index (χ3n) is 2.45. The van der Waals surface area contributed by atoms with Crippen molar-refractivity contribution >= 4 is 31.3 Å². The zero-order chi connectivity index (χ0) is 14.1. The van der Waals surface area contributed by atoms with Gasteiger partial charge in [-0.25, -0.2) is 8.42 Å². The van der Waals surface area contributed by atoms with E-state index in [-0.39, 0.29) is 10.8 Å². The molecule has 0 bridgehead atoms. The molecule has 0 heterocycles. The van der Waals surface area contributed by atoms with Gasteiger partial charge in [-0.3, -0.25) is 4.79 Å². The number of carbonyl (C=O) groups is 1. The zero-order valence-corrected chi connectivity index (χ0v) is 12.3. The third kappa shape index (κ3) is 3.46. The molecule has 1 aromatic rings. The average molecular weight is 290 g/mol. The minimum absolute atomic E-state index is 0.0181. The van der Waals surface area contributed by atoms with E-state index in [0.717, 1.165) is 0 Å². The number of rotatable bonds is 2. The molecule has 6 heteroatoms. The first-order valence-corrected chi connectivity index (χ1v) is 7.67. The molecule has 0 radical (unpaired) electrons. The van der Waals surface area contributed by atoms with Gasteiger partial charge in [-0.15, -0.1) is 0 Å². The van der Waals surface area contributed by atoms with Crippen LogP contribution in [0.5, 0.6) is 0 Å². The lowest BCUT2D eigenvalue weighted by molar-refractivity contribution is -0.125. The summed E-state index contributed by atoms with van der Waals surface area (Å²) in [4.78, 5) is 13.5. The van der Waals surface area contributed by atoms with Gasteiger partial charge in [-0.1, -0.05) is 20.8 Å². The number of hydrogen-bond donors (Lipinski definition) is 0. The van der Waals surface area contributed by atoms with Crippen LogP contribution in [-0.4, -0.2) is 21.4 Å².